The summed E-state index contributed by atoms with van der Waals surface area (Å²) in [6.45, 7) is 0.863. The van der Waals surface area contributed by atoms with Crippen molar-refractivity contribution in [2.45, 2.75) is 30.8 Å². The molecule has 162 valence electrons. The molecule has 4 rings (SSSR count). The number of carbonyl (C=O) groups excluding carboxylic acids is 1. The van der Waals surface area contributed by atoms with Crippen LogP contribution >= 0.6 is 0 Å². The van der Waals surface area contributed by atoms with Gasteiger partial charge in [-0.3, -0.25) is 0 Å². The number of carbonyl (C=O) groups is 1. The van der Waals surface area contributed by atoms with Gasteiger partial charge in [-0.1, -0.05) is 23.7 Å². The Morgan fingerprint density at radius 3 is 2.48 bits per heavy atom. The van der Waals surface area contributed by atoms with Crippen LogP contribution in [0.5, 0.6) is 0 Å². The second-order valence-corrected chi connectivity index (χ2v) is 9.17. The van der Waals surface area contributed by atoms with E-state index in [-0.39, 0.29) is 28.4 Å². The Balaban J connectivity index is 1.39. The fourth-order valence-electron chi connectivity index (χ4n) is 3.41. The average molecular weight is 444 g/mol. The van der Waals surface area contributed by atoms with Crippen LogP contribution in [0, 0.1) is 5.82 Å². The Labute approximate surface area is 179 Å². The third kappa shape index (κ3) is 4.67. The van der Waals surface area contributed by atoms with Crippen molar-refractivity contribution in [3.8, 4) is 11.3 Å². The molecule has 0 spiro atoms. The van der Waals surface area contributed by atoms with Crippen LogP contribution in [-0.4, -0.2) is 36.9 Å². The van der Waals surface area contributed by atoms with Gasteiger partial charge in [-0.15, -0.1) is 0 Å². The van der Waals surface area contributed by atoms with Gasteiger partial charge in [0.2, 0.25) is 10.0 Å². The maximum Gasteiger partial charge on any atom is 0.338 e. The Morgan fingerprint density at radius 2 is 1.77 bits per heavy atom. The molecule has 0 unspecified atom stereocenters. The van der Waals surface area contributed by atoms with Crippen molar-refractivity contribution in [2.75, 3.05) is 13.1 Å². The molecule has 3 aromatic rings. The predicted molar refractivity (Wildman–Crippen MR) is 110 cm³/mol. The van der Waals surface area contributed by atoms with Gasteiger partial charge in [0.1, 0.15) is 18.1 Å². The SMILES string of the molecule is O=C(OCc1cc(-c2ccccc2F)on1)c1ccc(S(=O)(=O)N2CCCCC2)cc1. The van der Waals surface area contributed by atoms with E-state index in [1.807, 2.05) is 0 Å². The van der Waals surface area contributed by atoms with Crippen LogP contribution in [0.1, 0.15) is 35.3 Å². The van der Waals surface area contributed by atoms with E-state index in [0.717, 1.165) is 19.3 Å². The number of ether oxygens (including phenoxy) is 1. The molecule has 1 aliphatic heterocycles. The first-order valence-corrected chi connectivity index (χ1v) is 11.4. The quantitative estimate of drug-likeness (QED) is 0.534. The summed E-state index contributed by atoms with van der Waals surface area (Å²) in [6.07, 6.45) is 2.73. The molecule has 7 nitrogen and oxygen atoms in total. The second kappa shape index (κ2) is 8.99. The Bertz CT molecular complexity index is 1170. The number of aromatic nitrogens is 1. The number of halogens is 1. The van der Waals surface area contributed by atoms with Crippen LogP contribution in [-0.2, 0) is 21.4 Å². The largest absolute Gasteiger partial charge is 0.455 e. The van der Waals surface area contributed by atoms with Crippen molar-refractivity contribution < 1.29 is 26.9 Å². The molecule has 0 radical (unpaired) electrons. The monoisotopic (exact) mass is 444 g/mol. The van der Waals surface area contributed by atoms with Gasteiger partial charge in [0.15, 0.2) is 5.76 Å². The molecule has 0 saturated carbocycles. The van der Waals surface area contributed by atoms with Crippen LogP contribution in [0.3, 0.4) is 0 Å². The summed E-state index contributed by atoms with van der Waals surface area (Å²) < 4.78 is 51.0. The topological polar surface area (TPSA) is 89.7 Å². The lowest BCUT2D eigenvalue weighted by Gasteiger charge is -2.25. The van der Waals surface area contributed by atoms with Crippen LogP contribution in [0.2, 0.25) is 0 Å². The number of hydrogen-bond donors (Lipinski definition) is 0. The highest BCUT2D eigenvalue weighted by molar-refractivity contribution is 7.89. The van der Waals surface area contributed by atoms with Gasteiger partial charge < -0.3 is 9.26 Å². The van der Waals surface area contributed by atoms with Crippen molar-refractivity contribution in [1.82, 2.24) is 9.46 Å². The molecule has 1 fully saturated rings. The zero-order valence-corrected chi connectivity index (χ0v) is 17.5. The summed E-state index contributed by atoms with van der Waals surface area (Å²) in [4.78, 5) is 12.5. The molecule has 0 amide bonds. The van der Waals surface area contributed by atoms with Gasteiger partial charge in [0.25, 0.3) is 0 Å². The van der Waals surface area contributed by atoms with Gasteiger partial charge >= 0.3 is 5.97 Å². The lowest BCUT2D eigenvalue weighted by molar-refractivity contribution is 0.0464. The van der Waals surface area contributed by atoms with E-state index in [1.165, 1.54) is 40.7 Å². The second-order valence-electron chi connectivity index (χ2n) is 7.23. The molecular weight excluding hydrogens is 423 g/mol. The van der Waals surface area contributed by atoms with Gasteiger partial charge in [0, 0.05) is 19.2 Å². The zero-order valence-electron chi connectivity index (χ0n) is 16.7. The highest BCUT2D eigenvalue weighted by Crippen LogP contribution is 2.24. The van der Waals surface area contributed by atoms with Crippen LogP contribution in [0.4, 0.5) is 4.39 Å². The minimum Gasteiger partial charge on any atom is -0.455 e. The first-order valence-electron chi connectivity index (χ1n) is 9.93. The standard InChI is InChI=1S/C22H21FN2O5S/c23-20-7-3-2-6-19(20)21-14-17(24-30-21)15-29-22(26)16-8-10-18(11-9-16)31(27,28)25-12-4-1-5-13-25/h2-3,6-11,14H,1,4-5,12-13,15H2. The van der Waals surface area contributed by atoms with E-state index >= 15 is 0 Å². The number of piperidine rings is 1. The van der Waals surface area contributed by atoms with Crippen LogP contribution in [0.15, 0.2) is 64.0 Å². The molecule has 2 heterocycles. The Kier molecular flexibility index (Phi) is 6.15. The molecule has 1 aliphatic rings. The lowest BCUT2D eigenvalue weighted by atomic mass is 10.1. The third-order valence-electron chi connectivity index (χ3n) is 5.09. The summed E-state index contributed by atoms with van der Waals surface area (Å²) in [5.41, 5.74) is 0.810. The molecular formula is C22H21FN2O5S. The number of nitrogens with zero attached hydrogens (tertiary/aromatic N) is 2. The highest BCUT2D eigenvalue weighted by Gasteiger charge is 2.26. The average Bonchev–Trinajstić information content (AvgIpc) is 3.27. The Morgan fingerprint density at radius 1 is 1.06 bits per heavy atom. The number of rotatable bonds is 6. The fourth-order valence-corrected chi connectivity index (χ4v) is 4.93. The van der Waals surface area contributed by atoms with E-state index < -0.39 is 21.8 Å². The number of esters is 1. The normalized spacial score (nSPS) is 15.0. The minimum atomic E-state index is -3.56. The van der Waals surface area contributed by atoms with Crippen LogP contribution in [0.25, 0.3) is 11.3 Å². The van der Waals surface area contributed by atoms with E-state index in [0.29, 0.717) is 18.8 Å². The third-order valence-corrected chi connectivity index (χ3v) is 7.01. The first kappa shape index (κ1) is 21.2. The highest BCUT2D eigenvalue weighted by atomic mass is 32.2. The van der Waals surface area contributed by atoms with E-state index in [2.05, 4.69) is 5.16 Å². The van der Waals surface area contributed by atoms with Crippen LogP contribution < -0.4 is 0 Å². The summed E-state index contributed by atoms with van der Waals surface area (Å²) in [5.74, 6) is -0.837. The summed E-state index contributed by atoms with van der Waals surface area (Å²) in [6, 6.07) is 13.3. The van der Waals surface area contributed by atoms with Gasteiger partial charge in [-0.2, -0.15) is 4.31 Å². The fraction of sp³-hybridized carbons (Fsp3) is 0.273. The van der Waals surface area contributed by atoms with Crippen molar-refractivity contribution in [3.63, 3.8) is 0 Å². The lowest BCUT2D eigenvalue weighted by Crippen LogP contribution is -2.35. The summed E-state index contributed by atoms with van der Waals surface area (Å²) in [5, 5.41) is 3.79. The number of sulfonamides is 1. The summed E-state index contributed by atoms with van der Waals surface area (Å²) >= 11 is 0. The van der Waals surface area contributed by atoms with Crippen molar-refractivity contribution in [3.05, 3.63) is 71.7 Å². The predicted octanol–water partition coefficient (Wildman–Crippen LogP) is 4.01. The molecule has 31 heavy (non-hydrogen) atoms. The molecule has 0 atom stereocenters. The smallest absolute Gasteiger partial charge is 0.338 e. The Hall–Kier alpha value is -3.04. The molecule has 2 aromatic carbocycles. The maximum absolute atomic E-state index is 13.8. The van der Waals surface area contributed by atoms with Gasteiger partial charge in [-0.05, 0) is 49.2 Å². The molecule has 9 heteroatoms. The summed E-state index contributed by atoms with van der Waals surface area (Å²) in [7, 11) is -3.56. The van der Waals surface area contributed by atoms with Crippen molar-refractivity contribution in [1.29, 1.82) is 0 Å². The maximum atomic E-state index is 13.8. The van der Waals surface area contributed by atoms with E-state index in [4.69, 9.17) is 9.26 Å². The molecule has 1 saturated heterocycles. The number of hydrogen-bond acceptors (Lipinski definition) is 6. The molecule has 0 aliphatic carbocycles. The first-order chi connectivity index (χ1) is 14.9. The molecule has 0 bridgehead atoms. The molecule has 1 aromatic heterocycles. The zero-order chi connectivity index (χ0) is 21.8. The van der Waals surface area contributed by atoms with Crippen molar-refractivity contribution >= 4 is 16.0 Å². The molecule has 0 N–H and O–H groups in total. The van der Waals surface area contributed by atoms with Crippen molar-refractivity contribution in [2.24, 2.45) is 0 Å². The number of benzene rings is 2. The van der Waals surface area contributed by atoms with Gasteiger partial charge in [-0.25, -0.2) is 17.6 Å². The van der Waals surface area contributed by atoms with E-state index in [9.17, 15) is 17.6 Å². The minimum absolute atomic E-state index is 0.150. The van der Waals surface area contributed by atoms with E-state index in [1.54, 1.807) is 18.2 Å². The van der Waals surface area contributed by atoms with Gasteiger partial charge in [0.05, 0.1) is 16.0 Å².